The Morgan fingerprint density at radius 2 is 2.33 bits per heavy atom. The molecule has 4 heteroatoms. The first-order valence-electron chi connectivity index (χ1n) is 5.71. The van der Waals surface area contributed by atoms with Crippen LogP contribution in [0.4, 0.5) is 0 Å². The number of aliphatic carboxylic acids is 1. The second-order valence-corrected chi connectivity index (χ2v) is 4.81. The van der Waals surface area contributed by atoms with E-state index in [1.807, 2.05) is 0 Å². The largest absolute Gasteiger partial charge is 0.480 e. The van der Waals surface area contributed by atoms with Crippen LogP contribution in [0.2, 0.25) is 0 Å². The molecular weight excluding hydrogens is 194 g/mol. The molecule has 2 heterocycles. The maximum Gasteiger partial charge on any atom is 0.320 e. The van der Waals surface area contributed by atoms with E-state index in [-0.39, 0.29) is 11.5 Å². The molecule has 2 saturated heterocycles. The topological polar surface area (TPSA) is 49.8 Å². The summed E-state index contributed by atoms with van der Waals surface area (Å²) in [5.74, 6) is -0.668. The van der Waals surface area contributed by atoms with Crippen LogP contribution in [0.15, 0.2) is 0 Å². The first-order chi connectivity index (χ1) is 7.17. The summed E-state index contributed by atoms with van der Waals surface area (Å²) >= 11 is 0. The number of carbonyl (C=O) groups is 1. The van der Waals surface area contributed by atoms with Crippen LogP contribution in [0.25, 0.3) is 0 Å². The Labute approximate surface area is 90.2 Å². The molecule has 0 aliphatic carbocycles. The number of carboxylic acid groups (broad SMARTS) is 1. The number of hydrogen-bond donors (Lipinski definition) is 1. The molecule has 4 nitrogen and oxygen atoms in total. The molecule has 1 unspecified atom stereocenters. The number of ether oxygens (including phenoxy) is 1. The molecule has 0 aromatic carbocycles. The molecule has 2 aliphatic rings. The van der Waals surface area contributed by atoms with E-state index in [0.29, 0.717) is 0 Å². The van der Waals surface area contributed by atoms with Gasteiger partial charge in [0, 0.05) is 12.0 Å². The average Bonchev–Trinajstić information content (AvgIpc) is 2.59. The number of nitrogens with zero attached hydrogens (tertiary/aromatic N) is 1. The highest BCUT2D eigenvalue weighted by Crippen LogP contribution is 2.34. The average molecular weight is 213 g/mol. The lowest BCUT2D eigenvalue weighted by Crippen LogP contribution is -2.52. The van der Waals surface area contributed by atoms with E-state index in [9.17, 15) is 4.79 Å². The minimum absolute atomic E-state index is 0.234. The first-order valence-corrected chi connectivity index (χ1v) is 5.71. The third-order valence-corrected chi connectivity index (χ3v) is 3.75. The quantitative estimate of drug-likeness (QED) is 0.755. The van der Waals surface area contributed by atoms with Crippen molar-refractivity contribution in [1.29, 1.82) is 0 Å². The molecule has 0 bridgehead atoms. The van der Waals surface area contributed by atoms with Gasteiger partial charge in [0.25, 0.3) is 0 Å². The van der Waals surface area contributed by atoms with Crippen LogP contribution in [0, 0.1) is 5.41 Å². The van der Waals surface area contributed by atoms with Gasteiger partial charge in [0.2, 0.25) is 0 Å². The second kappa shape index (κ2) is 4.10. The number of rotatable bonds is 4. The van der Waals surface area contributed by atoms with Gasteiger partial charge in [0.05, 0.1) is 13.2 Å². The Bertz CT molecular complexity index is 245. The molecule has 2 rings (SSSR count). The summed E-state index contributed by atoms with van der Waals surface area (Å²) in [6.45, 7) is 5.58. The Morgan fingerprint density at radius 1 is 1.60 bits per heavy atom. The molecule has 0 aromatic rings. The van der Waals surface area contributed by atoms with Gasteiger partial charge in [-0.05, 0) is 25.8 Å². The Kier molecular flexibility index (Phi) is 2.98. The van der Waals surface area contributed by atoms with Gasteiger partial charge in [-0.3, -0.25) is 9.69 Å². The summed E-state index contributed by atoms with van der Waals surface area (Å²) in [7, 11) is 0. The monoisotopic (exact) mass is 213 g/mol. The third kappa shape index (κ3) is 2.01. The van der Waals surface area contributed by atoms with Gasteiger partial charge >= 0.3 is 5.97 Å². The lowest BCUT2D eigenvalue weighted by Gasteiger charge is -2.44. The highest BCUT2D eigenvalue weighted by atomic mass is 16.5. The van der Waals surface area contributed by atoms with Crippen LogP contribution in [-0.4, -0.2) is 48.3 Å². The Hall–Kier alpha value is -0.610. The van der Waals surface area contributed by atoms with Crippen molar-refractivity contribution in [3.63, 3.8) is 0 Å². The summed E-state index contributed by atoms with van der Waals surface area (Å²) < 4.78 is 5.26. The third-order valence-electron chi connectivity index (χ3n) is 3.75. The zero-order chi connectivity index (χ0) is 10.9. The van der Waals surface area contributed by atoms with Crippen molar-refractivity contribution in [2.75, 3.05) is 26.3 Å². The van der Waals surface area contributed by atoms with E-state index in [2.05, 4.69) is 11.8 Å². The van der Waals surface area contributed by atoms with Crippen LogP contribution < -0.4 is 0 Å². The van der Waals surface area contributed by atoms with Crippen molar-refractivity contribution < 1.29 is 14.6 Å². The van der Waals surface area contributed by atoms with Crippen molar-refractivity contribution >= 4 is 5.97 Å². The van der Waals surface area contributed by atoms with Gasteiger partial charge in [0.15, 0.2) is 0 Å². The highest BCUT2D eigenvalue weighted by molar-refractivity contribution is 5.73. The predicted molar refractivity (Wildman–Crippen MR) is 55.8 cm³/mol. The van der Waals surface area contributed by atoms with E-state index in [4.69, 9.17) is 9.84 Å². The number of likely N-dealkylation sites (tertiary alicyclic amines) is 1. The van der Waals surface area contributed by atoms with E-state index in [1.165, 1.54) is 0 Å². The molecule has 1 N–H and O–H groups in total. The fourth-order valence-electron chi connectivity index (χ4n) is 2.52. The van der Waals surface area contributed by atoms with Crippen LogP contribution in [0.5, 0.6) is 0 Å². The molecule has 86 valence electrons. The van der Waals surface area contributed by atoms with E-state index >= 15 is 0 Å². The number of hydrogen-bond acceptors (Lipinski definition) is 3. The highest BCUT2D eigenvalue weighted by Gasteiger charge is 2.42. The van der Waals surface area contributed by atoms with Gasteiger partial charge in [-0.15, -0.1) is 0 Å². The lowest BCUT2D eigenvalue weighted by atomic mass is 9.82. The summed E-state index contributed by atoms with van der Waals surface area (Å²) in [4.78, 5) is 13.1. The zero-order valence-electron chi connectivity index (χ0n) is 9.24. The van der Waals surface area contributed by atoms with Crippen molar-refractivity contribution in [2.45, 2.75) is 32.2 Å². The van der Waals surface area contributed by atoms with Crippen LogP contribution in [0.3, 0.4) is 0 Å². The maximum atomic E-state index is 11.0. The first kappa shape index (κ1) is 10.9. The van der Waals surface area contributed by atoms with Gasteiger partial charge in [-0.2, -0.15) is 0 Å². The second-order valence-electron chi connectivity index (χ2n) is 4.81. The predicted octanol–water partition coefficient (Wildman–Crippen LogP) is 0.962. The van der Waals surface area contributed by atoms with Gasteiger partial charge in [-0.25, -0.2) is 0 Å². The van der Waals surface area contributed by atoms with E-state index in [0.717, 1.165) is 45.6 Å². The number of carboxylic acids is 1. The van der Waals surface area contributed by atoms with E-state index < -0.39 is 5.97 Å². The SMILES string of the molecule is CCC1(CN2CCCC2C(=O)O)COC1. The molecular formula is C11H19NO3. The zero-order valence-corrected chi connectivity index (χ0v) is 9.24. The minimum Gasteiger partial charge on any atom is -0.480 e. The van der Waals surface area contributed by atoms with Crippen molar-refractivity contribution in [1.82, 2.24) is 4.90 Å². The van der Waals surface area contributed by atoms with Gasteiger partial charge < -0.3 is 9.84 Å². The summed E-state index contributed by atoms with van der Waals surface area (Å²) in [6, 6.07) is -0.256. The normalized spacial score (nSPS) is 30.1. The van der Waals surface area contributed by atoms with Gasteiger partial charge in [-0.1, -0.05) is 6.92 Å². The van der Waals surface area contributed by atoms with Crippen LogP contribution in [-0.2, 0) is 9.53 Å². The maximum absolute atomic E-state index is 11.0. The molecule has 0 spiro atoms. The molecule has 15 heavy (non-hydrogen) atoms. The van der Waals surface area contributed by atoms with Crippen molar-refractivity contribution in [3.05, 3.63) is 0 Å². The molecule has 2 aliphatic heterocycles. The lowest BCUT2D eigenvalue weighted by molar-refractivity contribution is -0.149. The Balaban J connectivity index is 1.95. The van der Waals surface area contributed by atoms with Crippen molar-refractivity contribution in [3.8, 4) is 0 Å². The van der Waals surface area contributed by atoms with Crippen LogP contribution in [0.1, 0.15) is 26.2 Å². The molecule has 0 saturated carbocycles. The smallest absolute Gasteiger partial charge is 0.320 e. The fraction of sp³-hybridized carbons (Fsp3) is 0.909. The Morgan fingerprint density at radius 3 is 2.80 bits per heavy atom. The molecule has 0 aromatic heterocycles. The van der Waals surface area contributed by atoms with E-state index in [1.54, 1.807) is 0 Å². The molecule has 0 radical (unpaired) electrons. The van der Waals surface area contributed by atoms with Crippen molar-refractivity contribution in [2.24, 2.45) is 5.41 Å². The summed E-state index contributed by atoms with van der Waals surface area (Å²) in [6.07, 6.45) is 2.89. The van der Waals surface area contributed by atoms with Crippen LogP contribution >= 0.6 is 0 Å². The van der Waals surface area contributed by atoms with Gasteiger partial charge in [0.1, 0.15) is 6.04 Å². The standard InChI is InChI=1S/C11H19NO3/c1-2-11(7-15-8-11)6-12-5-3-4-9(12)10(13)14/h9H,2-8H2,1H3,(H,13,14). The molecule has 1 atom stereocenters. The molecule has 2 fully saturated rings. The minimum atomic E-state index is -0.668. The molecule has 0 amide bonds. The summed E-state index contributed by atoms with van der Waals surface area (Å²) in [5.41, 5.74) is 0.234. The fourth-order valence-corrected chi connectivity index (χ4v) is 2.52. The summed E-state index contributed by atoms with van der Waals surface area (Å²) in [5, 5.41) is 9.07.